The largest absolute Gasteiger partial charge is 0.394 e. The highest BCUT2D eigenvalue weighted by Gasteiger charge is 2.45. The number of benzene rings is 1. The molecule has 0 amide bonds. The van der Waals surface area contributed by atoms with Crippen LogP contribution in [0.1, 0.15) is 11.8 Å². The zero-order chi connectivity index (χ0) is 18.7. The van der Waals surface area contributed by atoms with Crippen LogP contribution in [0.2, 0.25) is 0 Å². The molecule has 0 saturated carbocycles. The molecule has 8 nitrogen and oxygen atoms in total. The zero-order valence-electron chi connectivity index (χ0n) is 13.8. The Morgan fingerprint density at radius 1 is 1.19 bits per heavy atom. The number of hydrogen-bond acceptors (Lipinski definition) is 6. The monoisotopic (exact) mass is 366 g/mol. The molecule has 1 fully saturated rings. The van der Waals surface area contributed by atoms with Crippen LogP contribution in [0, 0.1) is 0 Å². The standard InChI is InChI=1S/C17H19FN2O6/c18-14-15(23)12(8-21)26-16(14)19-7-6-13(22)20(17(19)24)10-25-9-11-4-2-1-3-5-11/h1-7,12,14-16,21,23H,8-10H2/t12-,14-,15-,16+/m1/s1. The Bertz CT molecular complexity index is 852. The Balaban J connectivity index is 1.79. The van der Waals surface area contributed by atoms with E-state index < -0.39 is 42.5 Å². The van der Waals surface area contributed by atoms with Crippen LogP contribution in [0.4, 0.5) is 4.39 Å². The lowest BCUT2D eigenvalue weighted by Gasteiger charge is -2.17. The maximum atomic E-state index is 14.2. The molecule has 1 saturated heterocycles. The summed E-state index contributed by atoms with van der Waals surface area (Å²) < 4.78 is 26.5. The second kappa shape index (κ2) is 7.92. The van der Waals surface area contributed by atoms with Gasteiger partial charge in [-0.15, -0.1) is 0 Å². The molecular formula is C17H19FN2O6. The van der Waals surface area contributed by atoms with Gasteiger partial charge in [-0.1, -0.05) is 30.3 Å². The minimum Gasteiger partial charge on any atom is -0.394 e. The quantitative estimate of drug-likeness (QED) is 0.732. The van der Waals surface area contributed by atoms with Gasteiger partial charge >= 0.3 is 5.69 Å². The molecule has 0 bridgehead atoms. The van der Waals surface area contributed by atoms with Gasteiger partial charge in [0, 0.05) is 12.3 Å². The Labute approximate surface area is 147 Å². The molecular weight excluding hydrogens is 347 g/mol. The summed E-state index contributed by atoms with van der Waals surface area (Å²) in [6.45, 7) is -0.714. The lowest BCUT2D eigenvalue weighted by molar-refractivity contribution is -0.0506. The summed E-state index contributed by atoms with van der Waals surface area (Å²) >= 11 is 0. The van der Waals surface area contributed by atoms with Crippen molar-refractivity contribution in [1.82, 2.24) is 9.13 Å². The lowest BCUT2D eigenvalue weighted by Crippen LogP contribution is -2.42. The number of aromatic nitrogens is 2. The highest BCUT2D eigenvalue weighted by atomic mass is 19.1. The molecule has 1 aliphatic rings. The molecule has 0 spiro atoms. The molecule has 2 heterocycles. The Hall–Kier alpha value is -2.33. The summed E-state index contributed by atoms with van der Waals surface area (Å²) in [6.07, 6.45) is -4.96. The molecule has 1 aromatic heterocycles. The van der Waals surface area contributed by atoms with Crippen LogP contribution < -0.4 is 11.2 Å². The van der Waals surface area contributed by atoms with E-state index in [1.807, 2.05) is 30.3 Å². The molecule has 0 unspecified atom stereocenters. The van der Waals surface area contributed by atoms with E-state index in [4.69, 9.17) is 14.6 Å². The predicted molar refractivity (Wildman–Crippen MR) is 88.1 cm³/mol. The van der Waals surface area contributed by atoms with Crippen molar-refractivity contribution in [1.29, 1.82) is 0 Å². The van der Waals surface area contributed by atoms with Crippen molar-refractivity contribution in [3.63, 3.8) is 0 Å². The first-order chi connectivity index (χ1) is 12.5. The molecule has 1 aliphatic heterocycles. The van der Waals surface area contributed by atoms with Gasteiger partial charge in [0.15, 0.2) is 12.4 Å². The number of aliphatic hydroxyl groups excluding tert-OH is 2. The van der Waals surface area contributed by atoms with E-state index in [-0.39, 0.29) is 13.3 Å². The molecule has 9 heteroatoms. The Morgan fingerprint density at radius 3 is 2.58 bits per heavy atom. The lowest BCUT2D eigenvalue weighted by atomic mass is 10.1. The second-order valence-electron chi connectivity index (χ2n) is 5.92. The Kier molecular flexibility index (Phi) is 5.62. The first-order valence-corrected chi connectivity index (χ1v) is 8.05. The fourth-order valence-electron chi connectivity index (χ4n) is 2.75. The van der Waals surface area contributed by atoms with Gasteiger partial charge in [-0.25, -0.2) is 13.8 Å². The average Bonchev–Trinajstić information content (AvgIpc) is 2.93. The second-order valence-corrected chi connectivity index (χ2v) is 5.92. The van der Waals surface area contributed by atoms with Crippen molar-refractivity contribution < 1.29 is 24.1 Å². The maximum absolute atomic E-state index is 14.2. The van der Waals surface area contributed by atoms with E-state index >= 15 is 0 Å². The molecule has 140 valence electrons. The number of hydrogen-bond donors (Lipinski definition) is 2. The molecule has 3 rings (SSSR count). The maximum Gasteiger partial charge on any atom is 0.335 e. The third-order valence-corrected chi connectivity index (χ3v) is 4.18. The molecule has 1 aromatic carbocycles. The van der Waals surface area contributed by atoms with Gasteiger partial charge in [0.25, 0.3) is 5.56 Å². The number of aliphatic hydroxyl groups is 2. The van der Waals surface area contributed by atoms with E-state index in [0.29, 0.717) is 0 Å². The van der Waals surface area contributed by atoms with Gasteiger partial charge in [0.1, 0.15) is 18.9 Å². The minimum absolute atomic E-state index is 0.193. The van der Waals surface area contributed by atoms with Crippen molar-refractivity contribution in [2.75, 3.05) is 6.61 Å². The zero-order valence-corrected chi connectivity index (χ0v) is 13.8. The van der Waals surface area contributed by atoms with Crippen LogP contribution in [0.3, 0.4) is 0 Å². The first kappa shape index (κ1) is 18.5. The van der Waals surface area contributed by atoms with Crippen molar-refractivity contribution >= 4 is 0 Å². The number of nitrogens with zero attached hydrogens (tertiary/aromatic N) is 2. The highest BCUT2D eigenvalue weighted by Crippen LogP contribution is 2.30. The van der Waals surface area contributed by atoms with E-state index in [1.165, 1.54) is 0 Å². The van der Waals surface area contributed by atoms with Crippen LogP contribution in [0.5, 0.6) is 0 Å². The van der Waals surface area contributed by atoms with Crippen molar-refractivity contribution in [3.05, 3.63) is 69.0 Å². The predicted octanol–water partition coefficient (Wildman–Crippen LogP) is -0.227. The molecule has 4 atom stereocenters. The third-order valence-electron chi connectivity index (χ3n) is 4.18. The molecule has 2 N–H and O–H groups in total. The molecule has 0 aliphatic carbocycles. The topological polar surface area (TPSA) is 103 Å². The third kappa shape index (κ3) is 3.61. The van der Waals surface area contributed by atoms with Crippen molar-refractivity contribution in [2.24, 2.45) is 0 Å². The van der Waals surface area contributed by atoms with Crippen molar-refractivity contribution in [3.8, 4) is 0 Å². The summed E-state index contributed by atoms with van der Waals surface area (Å²) in [6, 6.07) is 10.3. The van der Waals surface area contributed by atoms with Crippen LogP contribution >= 0.6 is 0 Å². The van der Waals surface area contributed by atoms with Gasteiger partial charge < -0.3 is 19.7 Å². The highest BCUT2D eigenvalue weighted by molar-refractivity contribution is 5.13. The minimum atomic E-state index is -1.92. The Morgan fingerprint density at radius 2 is 1.92 bits per heavy atom. The van der Waals surface area contributed by atoms with Gasteiger partial charge in [0.2, 0.25) is 0 Å². The summed E-state index contributed by atoms with van der Waals surface area (Å²) in [5.41, 5.74) is -0.565. The van der Waals surface area contributed by atoms with E-state index in [2.05, 4.69) is 0 Å². The normalized spacial score (nSPS) is 25.5. The average molecular weight is 366 g/mol. The molecule has 2 aromatic rings. The van der Waals surface area contributed by atoms with E-state index in [0.717, 1.165) is 27.0 Å². The smallest absolute Gasteiger partial charge is 0.335 e. The van der Waals surface area contributed by atoms with Gasteiger partial charge in [-0.05, 0) is 5.56 Å². The molecule has 26 heavy (non-hydrogen) atoms. The first-order valence-electron chi connectivity index (χ1n) is 8.05. The summed E-state index contributed by atoms with van der Waals surface area (Å²) in [5, 5.41) is 18.8. The number of ether oxygens (including phenoxy) is 2. The van der Waals surface area contributed by atoms with Crippen LogP contribution in [-0.2, 0) is 22.8 Å². The fraction of sp³-hybridized carbons (Fsp3) is 0.412. The summed E-state index contributed by atoms with van der Waals surface area (Å²) in [4.78, 5) is 24.5. The molecule has 0 radical (unpaired) electrons. The van der Waals surface area contributed by atoms with Crippen LogP contribution in [0.25, 0.3) is 0 Å². The number of halogens is 1. The summed E-state index contributed by atoms with van der Waals surface area (Å²) in [5.74, 6) is 0. The van der Waals surface area contributed by atoms with E-state index in [1.54, 1.807) is 0 Å². The SMILES string of the molecule is O=c1ccn([C@H]2O[C@H](CO)[C@@H](O)[C@H]2F)c(=O)n1COCc1ccccc1. The van der Waals surface area contributed by atoms with Gasteiger partial charge in [0.05, 0.1) is 13.2 Å². The van der Waals surface area contributed by atoms with E-state index in [9.17, 15) is 19.1 Å². The number of rotatable bonds is 6. The van der Waals surface area contributed by atoms with Crippen LogP contribution in [-0.4, -0.2) is 44.3 Å². The van der Waals surface area contributed by atoms with Gasteiger partial charge in [-0.2, -0.15) is 0 Å². The van der Waals surface area contributed by atoms with Gasteiger partial charge in [-0.3, -0.25) is 9.36 Å². The fourth-order valence-corrected chi connectivity index (χ4v) is 2.75. The summed E-state index contributed by atoms with van der Waals surface area (Å²) in [7, 11) is 0. The number of alkyl halides is 1. The van der Waals surface area contributed by atoms with Crippen LogP contribution in [0.15, 0.2) is 52.2 Å². The van der Waals surface area contributed by atoms with Crippen molar-refractivity contribution in [2.45, 2.75) is 37.9 Å².